The number of hydrogen-bond acceptors (Lipinski definition) is 3. The van der Waals surface area contributed by atoms with Crippen molar-refractivity contribution in [3.63, 3.8) is 0 Å². The highest BCUT2D eigenvalue weighted by atomic mass is 79.9. The second-order valence-electron chi connectivity index (χ2n) is 5.78. The topological polar surface area (TPSA) is 55.9 Å². The molecule has 24 heavy (non-hydrogen) atoms. The molecule has 0 saturated heterocycles. The van der Waals surface area contributed by atoms with Gasteiger partial charge in [0.15, 0.2) is 12.3 Å². The Hall–Kier alpha value is -1.63. The third-order valence-corrected chi connectivity index (χ3v) is 4.10. The molecule has 2 rings (SSSR count). The van der Waals surface area contributed by atoms with Crippen LogP contribution in [0.15, 0.2) is 45.3 Å². The van der Waals surface area contributed by atoms with Gasteiger partial charge in [0.25, 0.3) is 5.91 Å². The van der Waals surface area contributed by atoms with Crippen molar-refractivity contribution in [1.82, 2.24) is 5.32 Å². The standard InChI is InChI=1S/C18H23BrN2O3/c1-21(13-18(22)20-10-3-11-23-2)12-16-8-9-17(24-16)14-4-6-15(19)7-5-14/h4-9H,3,10-13H2,1-2H3,(H,20,22)/p+1. The molecular weight excluding hydrogens is 372 g/mol. The number of likely N-dealkylation sites (N-methyl/N-ethyl adjacent to an activating group) is 1. The molecule has 6 heteroatoms. The molecule has 0 aliphatic rings. The van der Waals surface area contributed by atoms with E-state index >= 15 is 0 Å². The van der Waals surface area contributed by atoms with Gasteiger partial charge in [0.2, 0.25) is 0 Å². The average Bonchev–Trinajstić information content (AvgIpc) is 3.00. The van der Waals surface area contributed by atoms with E-state index in [0.29, 0.717) is 26.2 Å². The lowest BCUT2D eigenvalue weighted by Gasteiger charge is -2.12. The van der Waals surface area contributed by atoms with Gasteiger partial charge in [-0.15, -0.1) is 0 Å². The molecular formula is C18H24BrN2O3+. The van der Waals surface area contributed by atoms with Gasteiger partial charge in [-0.3, -0.25) is 4.79 Å². The lowest BCUT2D eigenvalue weighted by molar-refractivity contribution is -0.886. The summed E-state index contributed by atoms with van der Waals surface area (Å²) < 4.78 is 11.9. The van der Waals surface area contributed by atoms with Crippen LogP contribution >= 0.6 is 15.9 Å². The Bertz CT molecular complexity index is 640. The predicted molar refractivity (Wildman–Crippen MR) is 96.8 cm³/mol. The maximum atomic E-state index is 11.9. The van der Waals surface area contributed by atoms with Gasteiger partial charge in [0.1, 0.15) is 12.3 Å². The quantitative estimate of drug-likeness (QED) is 0.637. The summed E-state index contributed by atoms with van der Waals surface area (Å²) in [7, 11) is 3.64. The van der Waals surface area contributed by atoms with Gasteiger partial charge < -0.3 is 19.4 Å². The van der Waals surface area contributed by atoms with Crippen LogP contribution in [0.2, 0.25) is 0 Å². The minimum absolute atomic E-state index is 0.0447. The third-order valence-electron chi connectivity index (χ3n) is 3.58. The molecule has 1 unspecified atom stereocenters. The molecule has 1 heterocycles. The number of quaternary nitrogens is 1. The van der Waals surface area contributed by atoms with Gasteiger partial charge in [0, 0.05) is 30.3 Å². The smallest absolute Gasteiger partial charge is 0.275 e. The zero-order chi connectivity index (χ0) is 17.4. The van der Waals surface area contributed by atoms with Gasteiger partial charge in [-0.25, -0.2) is 0 Å². The molecule has 0 aliphatic carbocycles. The molecule has 0 saturated carbocycles. The van der Waals surface area contributed by atoms with Crippen molar-refractivity contribution in [2.75, 3.05) is 33.9 Å². The SMILES string of the molecule is COCCCNC(=O)C[NH+](C)Cc1ccc(-c2ccc(Br)cc2)o1. The number of furan rings is 1. The van der Waals surface area contributed by atoms with Crippen LogP contribution in [0.3, 0.4) is 0 Å². The summed E-state index contributed by atoms with van der Waals surface area (Å²) in [5.74, 6) is 1.76. The molecule has 0 bridgehead atoms. The summed E-state index contributed by atoms with van der Waals surface area (Å²) in [5.41, 5.74) is 1.04. The van der Waals surface area contributed by atoms with E-state index in [4.69, 9.17) is 9.15 Å². The number of hydrogen-bond donors (Lipinski definition) is 2. The fourth-order valence-corrected chi connectivity index (χ4v) is 2.65. The van der Waals surface area contributed by atoms with Crippen molar-refractivity contribution in [2.45, 2.75) is 13.0 Å². The van der Waals surface area contributed by atoms with Crippen LogP contribution < -0.4 is 10.2 Å². The minimum Gasteiger partial charge on any atom is -0.455 e. The lowest BCUT2D eigenvalue weighted by atomic mass is 10.2. The number of methoxy groups -OCH3 is 1. The Morgan fingerprint density at radius 3 is 2.71 bits per heavy atom. The lowest BCUT2D eigenvalue weighted by Crippen LogP contribution is -3.08. The second kappa shape index (κ2) is 9.61. The summed E-state index contributed by atoms with van der Waals surface area (Å²) in [6.45, 7) is 2.39. The number of carbonyl (C=O) groups excluding carboxylic acids is 1. The third kappa shape index (κ3) is 6.11. The number of ether oxygens (including phenoxy) is 1. The molecule has 0 aliphatic heterocycles. The van der Waals surface area contributed by atoms with Gasteiger partial charge >= 0.3 is 0 Å². The van der Waals surface area contributed by atoms with E-state index in [1.807, 2.05) is 43.4 Å². The molecule has 0 fully saturated rings. The molecule has 130 valence electrons. The number of rotatable bonds is 9. The van der Waals surface area contributed by atoms with E-state index in [-0.39, 0.29) is 5.91 Å². The summed E-state index contributed by atoms with van der Waals surface area (Å²) in [4.78, 5) is 12.9. The van der Waals surface area contributed by atoms with Crippen LogP contribution in [0.4, 0.5) is 0 Å². The molecule has 1 amide bonds. The van der Waals surface area contributed by atoms with E-state index in [2.05, 4.69) is 21.2 Å². The highest BCUT2D eigenvalue weighted by Crippen LogP contribution is 2.23. The minimum atomic E-state index is 0.0447. The number of halogens is 1. The molecule has 1 aromatic carbocycles. The van der Waals surface area contributed by atoms with Crippen molar-refractivity contribution in [1.29, 1.82) is 0 Å². The zero-order valence-corrected chi connectivity index (χ0v) is 15.7. The average molecular weight is 396 g/mol. The Kier molecular flexibility index (Phi) is 7.49. The van der Waals surface area contributed by atoms with Gasteiger partial charge in [0.05, 0.1) is 7.05 Å². The number of benzene rings is 1. The molecule has 1 aromatic heterocycles. The number of nitrogens with one attached hydrogen (secondary N) is 2. The van der Waals surface area contributed by atoms with Crippen LogP contribution in [0, 0.1) is 0 Å². The summed E-state index contributed by atoms with van der Waals surface area (Å²) in [5, 5.41) is 2.90. The van der Waals surface area contributed by atoms with E-state index in [0.717, 1.165) is 32.9 Å². The summed E-state index contributed by atoms with van der Waals surface area (Å²) in [6, 6.07) is 11.9. The monoisotopic (exact) mass is 395 g/mol. The van der Waals surface area contributed by atoms with Crippen molar-refractivity contribution < 1.29 is 18.8 Å². The van der Waals surface area contributed by atoms with Crippen LogP contribution in [0.25, 0.3) is 11.3 Å². The van der Waals surface area contributed by atoms with Crippen LogP contribution in [0.1, 0.15) is 12.2 Å². The predicted octanol–water partition coefficient (Wildman–Crippen LogP) is 1.88. The van der Waals surface area contributed by atoms with E-state index < -0.39 is 0 Å². The fraction of sp³-hybridized carbons (Fsp3) is 0.389. The van der Waals surface area contributed by atoms with Crippen molar-refractivity contribution in [2.24, 2.45) is 0 Å². The first-order valence-corrected chi connectivity index (χ1v) is 8.79. The molecule has 0 radical (unpaired) electrons. The molecule has 0 spiro atoms. The highest BCUT2D eigenvalue weighted by molar-refractivity contribution is 9.10. The number of amides is 1. The summed E-state index contributed by atoms with van der Waals surface area (Å²) >= 11 is 3.43. The molecule has 2 N–H and O–H groups in total. The first-order valence-electron chi connectivity index (χ1n) is 8.00. The van der Waals surface area contributed by atoms with Crippen molar-refractivity contribution in [3.05, 3.63) is 46.6 Å². The van der Waals surface area contributed by atoms with E-state index in [1.54, 1.807) is 7.11 Å². The first-order chi connectivity index (χ1) is 11.6. The van der Waals surface area contributed by atoms with Gasteiger partial charge in [-0.1, -0.05) is 28.1 Å². The second-order valence-corrected chi connectivity index (χ2v) is 6.70. The molecule has 2 aromatic rings. The Morgan fingerprint density at radius 1 is 1.25 bits per heavy atom. The first kappa shape index (κ1) is 18.7. The van der Waals surface area contributed by atoms with Crippen LogP contribution in [0.5, 0.6) is 0 Å². The van der Waals surface area contributed by atoms with Crippen LogP contribution in [-0.2, 0) is 16.1 Å². The Labute approximate surface area is 151 Å². The van der Waals surface area contributed by atoms with Crippen LogP contribution in [-0.4, -0.2) is 39.8 Å². The summed E-state index contributed by atoms with van der Waals surface area (Å²) in [6.07, 6.45) is 0.829. The maximum Gasteiger partial charge on any atom is 0.275 e. The molecule has 1 atom stereocenters. The number of carbonyl (C=O) groups is 1. The molecule has 5 nitrogen and oxygen atoms in total. The van der Waals surface area contributed by atoms with E-state index in [9.17, 15) is 4.79 Å². The van der Waals surface area contributed by atoms with Crippen molar-refractivity contribution in [3.8, 4) is 11.3 Å². The highest BCUT2D eigenvalue weighted by Gasteiger charge is 2.13. The Morgan fingerprint density at radius 2 is 2.00 bits per heavy atom. The van der Waals surface area contributed by atoms with Gasteiger partial charge in [-0.2, -0.15) is 0 Å². The fourth-order valence-electron chi connectivity index (χ4n) is 2.38. The largest absolute Gasteiger partial charge is 0.455 e. The maximum absolute atomic E-state index is 11.9. The zero-order valence-electron chi connectivity index (χ0n) is 14.1. The Balaban J connectivity index is 1.81. The normalized spacial score (nSPS) is 12.1. The van der Waals surface area contributed by atoms with Gasteiger partial charge in [-0.05, 0) is 30.7 Å². The van der Waals surface area contributed by atoms with Crippen molar-refractivity contribution >= 4 is 21.8 Å². The van der Waals surface area contributed by atoms with E-state index in [1.165, 1.54) is 0 Å².